The van der Waals surface area contributed by atoms with Crippen LogP contribution < -0.4 is 5.32 Å². The topological polar surface area (TPSA) is 32.3 Å². The molecule has 0 bridgehead atoms. The molecular weight excluding hydrogens is 176 g/mol. The van der Waals surface area contributed by atoms with Crippen LogP contribution in [0.5, 0.6) is 0 Å². The van der Waals surface area contributed by atoms with Crippen molar-refractivity contribution < 1.29 is 4.79 Å². The molecule has 1 aliphatic heterocycles. The van der Waals surface area contributed by atoms with E-state index in [-0.39, 0.29) is 12.2 Å². The fraction of sp³-hybridized carbons (Fsp3) is 0.909. The van der Waals surface area contributed by atoms with Gasteiger partial charge < -0.3 is 4.90 Å². The van der Waals surface area contributed by atoms with Gasteiger partial charge in [-0.2, -0.15) is 0 Å². The van der Waals surface area contributed by atoms with Crippen molar-refractivity contribution in [1.29, 1.82) is 0 Å². The van der Waals surface area contributed by atoms with Crippen LogP contribution in [0, 0.1) is 0 Å². The second-order valence-corrected chi connectivity index (χ2v) is 4.07. The van der Waals surface area contributed by atoms with Crippen LogP contribution in [0.25, 0.3) is 0 Å². The van der Waals surface area contributed by atoms with E-state index in [2.05, 4.69) is 26.1 Å². The lowest BCUT2D eigenvalue weighted by Crippen LogP contribution is -2.35. The van der Waals surface area contributed by atoms with Gasteiger partial charge in [0.2, 0.25) is 5.91 Å². The minimum absolute atomic E-state index is 0.0801. The van der Waals surface area contributed by atoms with Crippen molar-refractivity contribution in [3.63, 3.8) is 0 Å². The van der Waals surface area contributed by atoms with Crippen molar-refractivity contribution >= 4 is 5.91 Å². The van der Waals surface area contributed by atoms with Gasteiger partial charge in [0.15, 0.2) is 0 Å². The van der Waals surface area contributed by atoms with E-state index in [1.807, 2.05) is 4.90 Å². The average Bonchev–Trinajstić information content (AvgIpc) is 2.43. The standard InChI is InChI=1S/C11H22N2O/c1-4-6-7-10-11(14)13(8-5-2)9(3)12-10/h9-10,12H,4-8H2,1-3H3. The normalized spacial score (nSPS) is 27.4. The first-order valence-corrected chi connectivity index (χ1v) is 5.77. The third kappa shape index (κ3) is 2.47. The average molecular weight is 198 g/mol. The van der Waals surface area contributed by atoms with E-state index in [9.17, 15) is 4.79 Å². The zero-order valence-electron chi connectivity index (χ0n) is 9.55. The molecule has 1 fully saturated rings. The van der Waals surface area contributed by atoms with Crippen LogP contribution in [0.3, 0.4) is 0 Å². The summed E-state index contributed by atoms with van der Waals surface area (Å²) in [7, 11) is 0. The van der Waals surface area contributed by atoms with Crippen LogP contribution in [-0.2, 0) is 4.79 Å². The Labute approximate surface area is 86.9 Å². The van der Waals surface area contributed by atoms with Crippen molar-refractivity contribution in [3.8, 4) is 0 Å². The molecular formula is C11H22N2O. The Bertz CT molecular complexity index is 194. The summed E-state index contributed by atoms with van der Waals surface area (Å²) >= 11 is 0. The minimum atomic E-state index is 0.0801. The highest BCUT2D eigenvalue weighted by molar-refractivity contribution is 5.84. The predicted octanol–water partition coefficient (Wildman–Crippen LogP) is 1.73. The molecule has 1 N–H and O–H groups in total. The van der Waals surface area contributed by atoms with E-state index in [1.165, 1.54) is 0 Å². The van der Waals surface area contributed by atoms with Gasteiger partial charge >= 0.3 is 0 Å². The van der Waals surface area contributed by atoms with Gasteiger partial charge in [-0.05, 0) is 19.8 Å². The van der Waals surface area contributed by atoms with Crippen molar-refractivity contribution in [2.45, 2.75) is 58.7 Å². The van der Waals surface area contributed by atoms with Gasteiger partial charge in [-0.1, -0.05) is 26.7 Å². The number of nitrogens with zero attached hydrogens (tertiary/aromatic N) is 1. The summed E-state index contributed by atoms with van der Waals surface area (Å²) in [6.07, 6.45) is 4.55. The lowest BCUT2D eigenvalue weighted by atomic mass is 10.1. The van der Waals surface area contributed by atoms with Gasteiger partial charge in [-0.25, -0.2) is 0 Å². The third-order valence-electron chi connectivity index (χ3n) is 2.80. The first-order chi connectivity index (χ1) is 6.70. The number of hydrogen-bond donors (Lipinski definition) is 1. The monoisotopic (exact) mass is 198 g/mol. The minimum Gasteiger partial charge on any atom is -0.326 e. The van der Waals surface area contributed by atoms with Crippen LogP contribution in [0.4, 0.5) is 0 Å². The fourth-order valence-corrected chi connectivity index (χ4v) is 2.00. The first-order valence-electron chi connectivity index (χ1n) is 5.77. The van der Waals surface area contributed by atoms with Gasteiger partial charge in [0, 0.05) is 6.54 Å². The number of rotatable bonds is 5. The maximum atomic E-state index is 11.9. The number of unbranched alkanes of at least 4 members (excludes halogenated alkanes) is 1. The molecule has 1 saturated heterocycles. The lowest BCUT2D eigenvalue weighted by molar-refractivity contribution is -0.130. The van der Waals surface area contributed by atoms with E-state index >= 15 is 0 Å². The van der Waals surface area contributed by atoms with Crippen molar-refractivity contribution in [1.82, 2.24) is 10.2 Å². The van der Waals surface area contributed by atoms with E-state index in [4.69, 9.17) is 0 Å². The lowest BCUT2D eigenvalue weighted by Gasteiger charge is -2.19. The highest BCUT2D eigenvalue weighted by Gasteiger charge is 2.34. The fourth-order valence-electron chi connectivity index (χ4n) is 2.00. The Morgan fingerprint density at radius 2 is 2.07 bits per heavy atom. The van der Waals surface area contributed by atoms with Crippen molar-refractivity contribution in [2.24, 2.45) is 0 Å². The number of amides is 1. The molecule has 2 unspecified atom stereocenters. The molecule has 0 saturated carbocycles. The van der Waals surface area contributed by atoms with E-state index in [1.54, 1.807) is 0 Å². The van der Waals surface area contributed by atoms with Gasteiger partial charge in [-0.3, -0.25) is 10.1 Å². The molecule has 0 spiro atoms. The van der Waals surface area contributed by atoms with Crippen LogP contribution in [0.2, 0.25) is 0 Å². The Kier molecular flexibility index (Phi) is 4.39. The summed E-state index contributed by atoms with van der Waals surface area (Å²) in [6, 6.07) is 0.0801. The maximum Gasteiger partial charge on any atom is 0.241 e. The van der Waals surface area contributed by atoms with Gasteiger partial charge in [0.25, 0.3) is 0 Å². The molecule has 1 aliphatic rings. The highest BCUT2D eigenvalue weighted by atomic mass is 16.2. The van der Waals surface area contributed by atoms with E-state index in [0.29, 0.717) is 5.91 Å². The molecule has 0 aromatic heterocycles. The quantitative estimate of drug-likeness (QED) is 0.729. The summed E-state index contributed by atoms with van der Waals surface area (Å²) in [5.74, 6) is 0.299. The Balaban J connectivity index is 2.46. The third-order valence-corrected chi connectivity index (χ3v) is 2.80. The number of hydrogen-bond acceptors (Lipinski definition) is 2. The Morgan fingerprint density at radius 1 is 1.36 bits per heavy atom. The zero-order valence-corrected chi connectivity index (χ0v) is 9.55. The van der Waals surface area contributed by atoms with E-state index < -0.39 is 0 Å². The molecule has 1 heterocycles. The molecule has 3 nitrogen and oxygen atoms in total. The van der Waals surface area contributed by atoms with Crippen molar-refractivity contribution in [3.05, 3.63) is 0 Å². The molecule has 1 rings (SSSR count). The SMILES string of the molecule is CCCCC1NC(C)N(CCC)C1=O. The number of nitrogens with one attached hydrogen (secondary N) is 1. The Morgan fingerprint density at radius 3 is 2.64 bits per heavy atom. The van der Waals surface area contributed by atoms with Crippen LogP contribution in [-0.4, -0.2) is 29.6 Å². The smallest absolute Gasteiger partial charge is 0.241 e. The molecule has 2 atom stereocenters. The van der Waals surface area contributed by atoms with Crippen LogP contribution >= 0.6 is 0 Å². The second-order valence-electron chi connectivity index (χ2n) is 4.07. The van der Waals surface area contributed by atoms with Gasteiger partial charge in [-0.15, -0.1) is 0 Å². The molecule has 0 radical (unpaired) electrons. The van der Waals surface area contributed by atoms with E-state index in [0.717, 1.165) is 32.2 Å². The molecule has 3 heteroatoms. The summed E-state index contributed by atoms with van der Waals surface area (Å²) in [6.45, 7) is 7.22. The summed E-state index contributed by atoms with van der Waals surface area (Å²) in [5.41, 5.74) is 0. The largest absolute Gasteiger partial charge is 0.326 e. The zero-order chi connectivity index (χ0) is 10.6. The number of carbonyl (C=O) groups excluding carboxylic acids is 1. The summed E-state index contributed by atoms with van der Waals surface area (Å²) < 4.78 is 0. The summed E-state index contributed by atoms with van der Waals surface area (Å²) in [4.78, 5) is 13.8. The molecule has 0 aromatic carbocycles. The Hall–Kier alpha value is -0.570. The molecule has 82 valence electrons. The van der Waals surface area contributed by atoms with Crippen molar-refractivity contribution in [2.75, 3.05) is 6.54 Å². The van der Waals surface area contributed by atoms with Gasteiger partial charge in [0.1, 0.15) is 0 Å². The molecule has 1 amide bonds. The van der Waals surface area contributed by atoms with Gasteiger partial charge in [0.05, 0.1) is 12.2 Å². The van der Waals surface area contributed by atoms with Crippen LogP contribution in [0.1, 0.15) is 46.5 Å². The molecule has 0 aromatic rings. The first kappa shape index (κ1) is 11.5. The molecule has 14 heavy (non-hydrogen) atoms. The highest BCUT2D eigenvalue weighted by Crippen LogP contribution is 2.15. The van der Waals surface area contributed by atoms with Crippen LogP contribution in [0.15, 0.2) is 0 Å². The number of carbonyl (C=O) groups is 1. The molecule has 0 aliphatic carbocycles. The second kappa shape index (κ2) is 5.35. The predicted molar refractivity (Wildman–Crippen MR) is 57.9 cm³/mol. The maximum absolute atomic E-state index is 11.9. The summed E-state index contributed by atoms with van der Waals surface area (Å²) in [5, 5.41) is 3.35.